The minimum atomic E-state index is -0.843. The molecule has 1 aromatic heterocycles. The second kappa shape index (κ2) is 6.05. The predicted octanol–water partition coefficient (Wildman–Crippen LogP) is 4.11. The molecule has 3 rings (SSSR count). The fourth-order valence-electron chi connectivity index (χ4n) is 2.27. The molecule has 0 N–H and O–H groups in total. The molecule has 0 bridgehead atoms. The molecule has 0 atom stereocenters. The van der Waals surface area contributed by atoms with Gasteiger partial charge >= 0.3 is 0 Å². The summed E-state index contributed by atoms with van der Waals surface area (Å²) in [7, 11) is 0. The largest absolute Gasteiger partial charge is 0.426 e. The van der Waals surface area contributed by atoms with Crippen LogP contribution in [0.1, 0.15) is 17.3 Å². The van der Waals surface area contributed by atoms with E-state index in [2.05, 4.69) is 10.2 Å². The molecule has 112 valence electrons. The van der Waals surface area contributed by atoms with E-state index >= 15 is 0 Å². The van der Waals surface area contributed by atoms with Crippen molar-refractivity contribution in [3.8, 4) is 11.1 Å². The van der Waals surface area contributed by atoms with Gasteiger partial charge in [-0.15, -0.1) is 10.2 Å². The molecule has 3 aromatic rings. The quantitative estimate of drug-likeness (QED) is 0.728. The van der Waals surface area contributed by atoms with Crippen molar-refractivity contribution in [1.29, 1.82) is 0 Å². The van der Waals surface area contributed by atoms with Crippen LogP contribution >= 0.6 is 0 Å². The molecular formula is C17H14F2N2O. The Morgan fingerprint density at radius 1 is 0.909 bits per heavy atom. The van der Waals surface area contributed by atoms with Gasteiger partial charge in [-0.3, -0.25) is 0 Å². The van der Waals surface area contributed by atoms with Gasteiger partial charge in [-0.25, -0.2) is 8.78 Å². The normalized spacial score (nSPS) is 10.9. The van der Waals surface area contributed by atoms with Crippen molar-refractivity contribution in [1.82, 2.24) is 10.2 Å². The Bertz CT molecular complexity index is 799. The maximum Gasteiger partial charge on any atom is 0.216 e. The Labute approximate surface area is 126 Å². The van der Waals surface area contributed by atoms with Crippen molar-refractivity contribution < 1.29 is 13.2 Å². The van der Waals surface area contributed by atoms with Crippen molar-refractivity contribution in [3.63, 3.8) is 0 Å². The second-order valence-electron chi connectivity index (χ2n) is 5.04. The average Bonchev–Trinajstić information content (AvgIpc) is 2.94. The van der Waals surface area contributed by atoms with Gasteiger partial charge in [-0.1, -0.05) is 30.3 Å². The molecule has 0 spiro atoms. The molecule has 0 amide bonds. The molecule has 0 unspecified atom stereocenters. The molecule has 0 aliphatic carbocycles. The van der Waals surface area contributed by atoms with Gasteiger partial charge in [-0.2, -0.15) is 0 Å². The minimum Gasteiger partial charge on any atom is -0.426 e. The summed E-state index contributed by atoms with van der Waals surface area (Å²) >= 11 is 0. The molecule has 0 fully saturated rings. The highest BCUT2D eigenvalue weighted by molar-refractivity contribution is 5.64. The van der Waals surface area contributed by atoms with Gasteiger partial charge in [0.15, 0.2) is 11.6 Å². The number of nitrogens with zero attached hydrogens (tertiary/aromatic N) is 2. The molecule has 0 radical (unpaired) electrons. The molecule has 5 heteroatoms. The summed E-state index contributed by atoms with van der Waals surface area (Å²) in [6, 6.07) is 11.6. The summed E-state index contributed by atoms with van der Waals surface area (Å²) in [4.78, 5) is 0. The molecule has 1 heterocycles. The highest BCUT2D eigenvalue weighted by Gasteiger charge is 2.07. The van der Waals surface area contributed by atoms with Gasteiger partial charge in [0.2, 0.25) is 11.8 Å². The summed E-state index contributed by atoms with van der Waals surface area (Å²) in [6.45, 7) is 1.75. The Morgan fingerprint density at radius 2 is 1.73 bits per heavy atom. The van der Waals surface area contributed by atoms with E-state index in [0.29, 0.717) is 23.8 Å². The van der Waals surface area contributed by atoms with Crippen LogP contribution in [0.25, 0.3) is 11.1 Å². The predicted molar refractivity (Wildman–Crippen MR) is 78.2 cm³/mol. The molecule has 2 aromatic carbocycles. The van der Waals surface area contributed by atoms with E-state index in [9.17, 15) is 8.78 Å². The van der Waals surface area contributed by atoms with E-state index in [4.69, 9.17) is 4.42 Å². The lowest BCUT2D eigenvalue weighted by molar-refractivity contribution is 0.467. The molecule has 0 saturated heterocycles. The van der Waals surface area contributed by atoms with Gasteiger partial charge in [0.25, 0.3) is 0 Å². The third kappa shape index (κ3) is 3.19. The van der Waals surface area contributed by atoms with E-state index in [1.54, 1.807) is 13.0 Å². The number of hydrogen-bond acceptors (Lipinski definition) is 3. The Hall–Kier alpha value is -2.56. The summed E-state index contributed by atoms with van der Waals surface area (Å²) in [6.07, 6.45) is 1.38. The fraction of sp³-hybridized carbons (Fsp3) is 0.176. The average molecular weight is 300 g/mol. The van der Waals surface area contributed by atoms with E-state index in [0.717, 1.165) is 23.6 Å². The molecular weight excluding hydrogens is 286 g/mol. The maximum absolute atomic E-state index is 13.3. The third-order valence-corrected chi connectivity index (χ3v) is 3.38. The van der Waals surface area contributed by atoms with Crippen molar-refractivity contribution >= 4 is 0 Å². The summed E-state index contributed by atoms with van der Waals surface area (Å²) in [5, 5.41) is 7.74. The monoisotopic (exact) mass is 300 g/mol. The first-order chi connectivity index (χ1) is 10.6. The summed E-state index contributed by atoms with van der Waals surface area (Å²) < 4.78 is 31.7. The van der Waals surface area contributed by atoms with Crippen LogP contribution in [0.3, 0.4) is 0 Å². The lowest BCUT2D eigenvalue weighted by Crippen LogP contribution is -1.93. The molecule has 0 aliphatic heterocycles. The Balaban J connectivity index is 1.78. The zero-order chi connectivity index (χ0) is 15.5. The number of rotatable bonds is 4. The van der Waals surface area contributed by atoms with Crippen LogP contribution in [-0.2, 0) is 12.8 Å². The SMILES string of the molecule is Cc1nnc(CCc2cccc(-c3ccc(F)c(F)c3)c2)o1. The smallest absolute Gasteiger partial charge is 0.216 e. The van der Waals surface area contributed by atoms with Crippen LogP contribution in [0.2, 0.25) is 0 Å². The molecule has 0 aliphatic rings. The number of hydrogen-bond donors (Lipinski definition) is 0. The highest BCUT2D eigenvalue weighted by Crippen LogP contribution is 2.23. The first-order valence-corrected chi connectivity index (χ1v) is 6.95. The van der Waals surface area contributed by atoms with E-state index in [1.165, 1.54) is 6.07 Å². The summed E-state index contributed by atoms with van der Waals surface area (Å²) in [5.41, 5.74) is 2.56. The van der Waals surface area contributed by atoms with Crippen molar-refractivity contribution in [3.05, 3.63) is 71.4 Å². The first kappa shape index (κ1) is 14.4. The van der Waals surface area contributed by atoms with Crippen LogP contribution in [0.4, 0.5) is 8.78 Å². The third-order valence-electron chi connectivity index (χ3n) is 3.38. The lowest BCUT2D eigenvalue weighted by atomic mass is 10.0. The Morgan fingerprint density at radius 3 is 2.45 bits per heavy atom. The van der Waals surface area contributed by atoms with Crippen molar-refractivity contribution in [2.24, 2.45) is 0 Å². The number of aromatic nitrogens is 2. The molecule has 3 nitrogen and oxygen atoms in total. The van der Waals surface area contributed by atoms with Crippen LogP contribution in [0.5, 0.6) is 0 Å². The van der Waals surface area contributed by atoms with Crippen LogP contribution < -0.4 is 0 Å². The number of halogens is 2. The van der Waals surface area contributed by atoms with Gasteiger partial charge in [-0.05, 0) is 35.2 Å². The lowest BCUT2D eigenvalue weighted by Gasteiger charge is -2.05. The van der Waals surface area contributed by atoms with Crippen molar-refractivity contribution in [2.75, 3.05) is 0 Å². The molecule has 22 heavy (non-hydrogen) atoms. The Kier molecular flexibility index (Phi) is 3.96. The van der Waals surface area contributed by atoms with E-state index < -0.39 is 11.6 Å². The van der Waals surface area contributed by atoms with Gasteiger partial charge < -0.3 is 4.42 Å². The van der Waals surface area contributed by atoms with Crippen LogP contribution in [0, 0.1) is 18.6 Å². The standard InChI is InChI=1S/C17H14F2N2O/c1-11-20-21-17(22-11)8-5-12-3-2-4-13(9-12)14-6-7-15(18)16(19)10-14/h2-4,6-7,9-10H,5,8H2,1H3. The van der Waals surface area contributed by atoms with Gasteiger partial charge in [0.05, 0.1) is 0 Å². The van der Waals surface area contributed by atoms with Gasteiger partial charge in [0, 0.05) is 13.3 Å². The zero-order valence-electron chi connectivity index (χ0n) is 12.0. The van der Waals surface area contributed by atoms with E-state index in [-0.39, 0.29) is 0 Å². The molecule has 0 saturated carbocycles. The minimum absolute atomic E-state index is 0.547. The van der Waals surface area contributed by atoms with Crippen molar-refractivity contribution in [2.45, 2.75) is 19.8 Å². The number of benzene rings is 2. The second-order valence-corrected chi connectivity index (χ2v) is 5.04. The van der Waals surface area contributed by atoms with Gasteiger partial charge in [0.1, 0.15) is 0 Å². The first-order valence-electron chi connectivity index (χ1n) is 6.95. The highest BCUT2D eigenvalue weighted by atomic mass is 19.2. The van der Waals surface area contributed by atoms with Crippen LogP contribution in [0.15, 0.2) is 46.9 Å². The zero-order valence-corrected chi connectivity index (χ0v) is 12.0. The number of aryl methyl sites for hydroxylation is 3. The fourth-order valence-corrected chi connectivity index (χ4v) is 2.27. The van der Waals surface area contributed by atoms with Crippen LogP contribution in [-0.4, -0.2) is 10.2 Å². The topological polar surface area (TPSA) is 38.9 Å². The maximum atomic E-state index is 13.3. The van der Waals surface area contributed by atoms with E-state index in [1.807, 2.05) is 24.3 Å². The summed E-state index contributed by atoms with van der Waals surface area (Å²) in [5.74, 6) is -0.544.